The zero-order valence-corrected chi connectivity index (χ0v) is 62.5. The van der Waals surface area contributed by atoms with Crippen LogP contribution < -0.4 is 0 Å². The Hall–Kier alpha value is -3.78. The van der Waals surface area contributed by atoms with Gasteiger partial charge in [0.25, 0.3) is 0 Å². The Morgan fingerprint density at radius 3 is 0.936 bits per heavy atom. The molecule has 6 nitrogen and oxygen atoms in total. The molecule has 12 heteroatoms. The molecule has 0 aliphatic rings. The molecule has 6 heterocycles. The molecule has 0 aromatic carbocycles. The molecular weight excluding hydrogens is 1960 g/mol. The van der Waals surface area contributed by atoms with Crippen LogP contribution >= 0.6 is 0 Å². The zero-order chi connectivity index (χ0) is 44.4. The van der Waals surface area contributed by atoms with E-state index in [9.17, 15) is 0 Å². The van der Waals surface area contributed by atoms with Crippen molar-refractivity contribution in [3.63, 3.8) is 0 Å². The van der Waals surface area contributed by atoms with E-state index in [1.54, 1.807) is 116 Å². The molecule has 6 aromatic heterocycles. The minimum atomic E-state index is 0. The first-order chi connectivity index (χ1) is 29.2. The van der Waals surface area contributed by atoms with Gasteiger partial charge >= 0.3 is 0 Å². The van der Waals surface area contributed by atoms with Crippen LogP contribution in [0, 0.1) is 44.6 Å². The Balaban J connectivity index is -0.0000000336. The summed E-state index contributed by atoms with van der Waals surface area (Å²) in [5.41, 5.74) is 11.3. The van der Waals surface area contributed by atoms with Crippen LogP contribution in [-0.4, -0.2) is 29.9 Å². The molecule has 0 saturated heterocycles. The number of hydrogen-bond donors (Lipinski definition) is 0. The normalized spacial score (nSPS) is 6.77. The van der Waals surface area contributed by atoms with Gasteiger partial charge in [-0.15, -0.1) is 0 Å². The van der Waals surface area contributed by atoms with E-state index in [0.29, 0.717) is 0 Å². The largest absolute Gasteiger partial charge is 0.358 e. The van der Waals surface area contributed by atoms with Crippen LogP contribution in [0.4, 0.5) is 0 Å². The van der Waals surface area contributed by atoms with Crippen molar-refractivity contribution in [2.24, 2.45) is 0 Å². The molecule has 0 N–H and O–H groups in total. The number of pyridine rings is 6. The number of rotatable bonds is 12. The molecule has 0 fully saturated rings. The van der Waals surface area contributed by atoms with Crippen LogP contribution in [0.3, 0.4) is 0 Å². The number of hydrogen-bond acceptors (Lipinski definition) is 6. The average Bonchev–Trinajstić information content (AvgIpc) is 3.34. The number of nitrogens with zero attached hydrogens (tertiary/aromatic N) is 6. The first-order valence-electron chi connectivity index (χ1n) is 18.5. The van der Waals surface area contributed by atoms with Crippen molar-refractivity contribution >= 4 is 72.9 Å². The van der Waals surface area contributed by atoms with Crippen molar-refractivity contribution in [2.45, 2.75) is 44.6 Å². The minimum absolute atomic E-state index is 0. The Bertz CT molecular complexity index is 2110. The third kappa shape index (κ3) is 51.6. The summed E-state index contributed by atoms with van der Waals surface area (Å²) in [5.74, 6) is 0. The topological polar surface area (TPSA) is 77.3 Å². The van der Waals surface area contributed by atoms with Gasteiger partial charge in [0.2, 0.25) is 0 Å². The fraction of sp³-hybridized carbons (Fsp3) is 0.0909. The molecule has 0 amide bonds. The molecule has 78 heavy (non-hydrogen) atoms. The first kappa shape index (κ1) is 126. The van der Waals surface area contributed by atoms with Gasteiger partial charge in [0.1, 0.15) is 0 Å². The van der Waals surface area contributed by atoms with Gasteiger partial charge in [0.15, 0.2) is 0 Å². The van der Waals surface area contributed by atoms with Crippen molar-refractivity contribution in [2.75, 3.05) is 0 Å². The van der Waals surface area contributed by atoms with E-state index in [1.807, 2.05) is 66.7 Å². The first-order valence-corrected chi connectivity index (χ1v) is 18.5. The summed E-state index contributed by atoms with van der Waals surface area (Å²) in [4.78, 5) is 24.3. The summed E-state index contributed by atoms with van der Waals surface area (Å²) in [6.07, 6.45) is 33.2. The Morgan fingerprint density at radius 1 is 0.282 bits per heavy atom. The monoisotopic (exact) mass is 2060 g/mol. The smallest absolute Gasteiger partial charge is 0.0709 e. The third-order valence-corrected chi connectivity index (χ3v) is 7.59. The average molecular weight is 2060 g/mol. The molecule has 6 radical (unpaired) electrons. The Kier molecular flexibility index (Phi) is 132. The molecule has 0 bridgehead atoms. The van der Waals surface area contributed by atoms with Crippen molar-refractivity contribution in [3.05, 3.63) is 301 Å². The van der Waals surface area contributed by atoms with Gasteiger partial charge in [0, 0.05) is 189 Å². The maximum atomic E-state index is 4.43. The summed E-state index contributed by atoms with van der Waals surface area (Å²) in [6, 6.07) is 21.1. The maximum Gasteiger partial charge on any atom is 0.0709 e. The van der Waals surface area contributed by atoms with Gasteiger partial charge in [-0.05, 0) is 107 Å². The molecule has 0 aliphatic carbocycles. The van der Waals surface area contributed by atoms with Gasteiger partial charge in [-0.25, -0.2) is 9.97 Å². The third-order valence-electron chi connectivity index (χ3n) is 7.59. The van der Waals surface area contributed by atoms with Crippen molar-refractivity contribution in [1.29, 1.82) is 0 Å². The number of aromatic nitrogens is 6. The molecule has 0 spiro atoms. The van der Waals surface area contributed by atoms with Crippen molar-refractivity contribution in [3.8, 4) is 0 Å². The van der Waals surface area contributed by atoms with E-state index in [2.05, 4.69) is 109 Å². The van der Waals surface area contributed by atoms with Gasteiger partial charge in [-0.2, -0.15) is 0 Å². The molecule has 6 aromatic rings. The quantitative estimate of drug-likeness (QED) is 0.114. The summed E-state index contributed by atoms with van der Waals surface area (Å²) >= 11 is 0. The molecular formula is C66H96N6Ta6-6. The van der Waals surface area contributed by atoms with E-state index in [4.69, 9.17) is 0 Å². The second kappa shape index (κ2) is 82.1. The van der Waals surface area contributed by atoms with Crippen LogP contribution in [0.2, 0.25) is 0 Å². The Labute approximate surface area is 576 Å². The summed E-state index contributed by atoms with van der Waals surface area (Å²) in [6.45, 7) is 44.1. The van der Waals surface area contributed by atoms with Crippen molar-refractivity contribution < 1.29 is 134 Å². The van der Waals surface area contributed by atoms with Gasteiger partial charge in [0.05, 0.1) is 28.5 Å². The Morgan fingerprint density at radius 2 is 0.667 bits per heavy atom. The van der Waals surface area contributed by atoms with Crippen LogP contribution in [0.5, 0.6) is 0 Å². The van der Waals surface area contributed by atoms with Crippen LogP contribution in [0.15, 0.2) is 189 Å². The van der Waals surface area contributed by atoms with Gasteiger partial charge in [-0.1, -0.05) is 184 Å². The van der Waals surface area contributed by atoms with Crippen LogP contribution in [0.1, 0.15) is 112 Å². The van der Waals surface area contributed by atoms with Crippen LogP contribution in [-0.2, 0) is 134 Å². The summed E-state index contributed by atoms with van der Waals surface area (Å²) in [7, 11) is 0. The minimum Gasteiger partial charge on any atom is -0.358 e. The fourth-order valence-corrected chi connectivity index (χ4v) is 4.52. The molecule has 6 rings (SSSR count). The van der Waals surface area contributed by atoms with E-state index in [-0.39, 0.29) is 223 Å². The van der Waals surface area contributed by atoms with E-state index < -0.39 is 0 Å². The second-order valence-electron chi connectivity index (χ2n) is 11.4. The summed E-state index contributed by atoms with van der Waals surface area (Å²) in [5, 5.41) is 0. The molecule has 0 unspecified atom stereocenters. The summed E-state index contributed by atoms with van der Waals surface area (Å²) < 4.78 is 0. The van der Waals surface area contributed by atoms with Crippen molar-refractivity contribution in [1.82, 2.24) is 29.9 Å². The van der Waals surface area contributed by atoms with Gasteiger partial charge in [-0.3, -0.25) is 19.9 Å². The second-order valence-corrected chi connectivity index (χ2v) is 11.4. The SMILES string of the molecule is C.C.C.C.C.C.C=Cc1cccc(C=C)n1.C=Cc1ccccn1.C=Cc1cccnc1.C=Cc1ccncc1.C=Cc1cncc(C=C)c1.C=Cc1nc(C=C)c(C=C)c(C=C)c1C=C.[CH3-].[CH3-].[CH3-].[CH3-].[CH3-].[CH3-].[Ta].[Ta].[Ta].[Ta].[Ta].[Ta]. The van der Waals surface area contributed by atoms with E-state index in [1.165, 1.54) is 0 Å². The molecule has 0 aliphatic heterocycles. The molecule has 426 valence electrons. The standard InChI is InChI=1S/C15H15N.2C9H9N.3C7H7N.6CH4.6CH3.6Ta/c1-6-11-12(7-2)14(9-4)16-15(10-5)13(11)8-3;1-3-8-5-9(4-2)7-10-6-8;1-3-8-6-5-7-9(4-2)10-8;1-2-7-3-5-8-6-4-7;1-2-7-4-3-5-8-6-7;1-2-7-5-3-4-6-8-7;;;;;;;;;;;;;;;;;;/h6-10H,1-5H2;2*3-7H,1-2H2;3*2-6H,1H2;6*1H4;6*1H3;;;;;;/q;;;;;;;;;;;;6*-1;;;;;;. The van der Waals surface area contributed by atoms with E-state index >= 15 is 0 Å². The molecule has 0 saturated carbocycles. The maximum absolute atomic E-state index is 4.43. The van der Waals surface area contributed by atoms with E-state index in [0.717, 1.165) is 67.4 Å². The van der Waals surface area contributed by atoms with Gasteiger partial charge < -0.3 is 44.6 Å². The van der Waals surface area contributed by atoms with Crippen LogP contribution in [0.25, 0.3) is 72.9 Å². The fourth-order valence-electron chi connectivity index (χ4n) is 4.52. The molecule has 0 atom stereocenters. The predicted octanol–water partition coefficient (Wildman–Crippen LogP) is 20.7. The predicted molar refractivity (Wildman–Crippen MR) is 345 cm³/mol. The zero-order valence-electron chi connectivity index (χ0n) is 43.2.